The number of benzene rings is 1. The Morgan fingerprint density at radius 2 is 2.16 bits per heavy atom. The Bertz CT molecular complexity index is 391. The molecule has 0 radical (unpaired) electrons. The molecule has 0 heterocycles. The fourth-order valence-corrected chi connectivity index (χ4v) is 1.55. The second kappa shape index (κ2) is 8.53. The van der Waals surface area contributed by atoms with Crippen molar-refractivity contribution in [3.8, 4) is 5.75 Å². The third kappa shape index (κ3) is 6.25. The minimum atomic E-state index is -0.132. The molecule has 0 bridgehead atoms. The second-order valence-electron chi connectivity index (χ2n) is 4.70. The monoisotopic (exact) mass is 265 g/mol. The Kier molecular flexibility index (Phi) is 6.97. The number of hydrogen-bond acceptors (Lipinski definition) is 4. The molecule has 1 aromatic carbocycles. The molecule has 0 aromatic heterocycles. The van der Waals surface area contributed by atoms with Gasteiger partial charge in [0.05, 0.1) is 19.6 Å². The Morgan fingerprint density at radius 1 is 1.37 bits per heavy atom. The average molecular weight is 265 g/mol. The quantitative estimate of drug-likeness (QED) is 0.579. The largest absolute Gasteiger partial charge is 0.497 e. The van der Waals surface area contributed by atoms with E-state index < -0.39 is 0 Å². The third-order valence-corrected chi connectivity index (χ3v) is 2.68. The van der Waals surface area contributed by atoms with Crippen LogP contribution in [0.1, 0.15) is 25.8 Å². The van der Waals surface area contributed by atoms with E-state index in [9.17, 15) is 4.79 Å². The third-order valence-electron chi connectivity index (χ3n) is 2.68. The highest BCUT2D eigenvalue weighted by Crippen LogP contribution is 2.11. The van der Waals surface area contributed by atoms with Crippen molar-refractivity contribution in [2.75, 3.05) is 20.3 Å². The molecule has 106 valence electrons. The highest BCUT2D eigenvalue weighted by molar-refractivity contribution is 5.71. The molecule has 1 rings (SSSR count). The van der Waals surface area contributed by atoms with Crippen molar-refractivity contribution in [1.82, 2.24) is 5.32 Å². The molecular formula is C15H23NO3. The number of carbonyl (C=O) groups excluding carboxylic acids is 1. The van der Waals surface area contributed by atoms with E-state index in [1.54, 1.807) is 7.11 Å². The first-order valence-electron chi connectivity index (χ1n) is 6.63. The van der Waals surface area contributed by atoms with Crippen molar-refractivity contribution in [3.63, 3.8) is 0 Å². The summed E-state index contributed by atoms with van der Waals surface area (Å²) in [6.07, 6.45) is 0.822. The van der Waals surface area contributed by atoms with E-state index in [1.165, 1.54) is 5.56 Å². The summed E-state index contributed by atoms with van der Waals surface area (Å²) in [6, 6.07) is 7.95. The molecule has 0 saturated heterocycles. The summed E-state index contributed by atoms with van der Waals surface area (Å²) in [5.74, 6) is 0.683. The number of esters is 1. The van der Waals surface area contributed by atoms with Gasteiger partial charge in [0, 0.05) is 6.54 Å². The van der Waals surface area contributed by atoms with Gasteiger partial charge in [-0.3, -0.25) is 4.79 Å². The van der Waals surface area contributed by atoms with Crippen LogP contribution in [0.25, 0.3) is 0 Å². The summed E-state index contributed by atoms with van der Waals surface area (Å²) < 4.78 is 10.3. The molecule has 4 nitrogen and oxygen atoms in total. The molecule has 0 aliphatic heterocycles. The standard InChI is InChI=1S/C15H23NO3/c1-12(2)15(17)19-9-5-8-16-11-13-6-4-7-14(10-13)18-3/h4,6-7,10,12,16H,5,8-9,11H2,1-3H3. The Balaban J connectivity index is 2.12. The maximum absolute atomic E-state index is 11.2. The lowest BCUT2D eigenvalue weighted by molar-refractivity contribution is -0.147. The molecule has 4 heteroatoms. The fourth-order valence-electron chi connectivity index (χ4n) is 1.55. The molecule has 1 N–H and O–H groups in total. The number of rotatable bonds is 8. The van der Waals surface area contributed by atoms with Crippen LogP contribution in [0.5, 0.6) is 5.75 Å². The predicted molar refractivity (Wildman–Crippen MR) is 75.1 cm³/mol. The molecular weight excluding hydrogens is 242 g/mol. The lowest BCUT2D eigenvalue weighted by atomic mass is 10.2. The van der Waals surface area contributed by atoms with E-state index >= 15 is 0 Å². The van der Waals surface area contributed by atoms with Gasteiger partial charge in [-0.15, -0.1) is 0 Å². The molecule has 0 spiro atoms. The molecule has 0 amide bonds. The number of hydrogen-bond donors (Lipinski definition) is 1. The van der Waals surface area contributed by atoms with Crippen LogP contribution in [-0.2, 0) is 16.1 Å². The highest BCUT2D eigenvalue weighted by Gasteiger charge is 2.06. The van der Waals surface area contributed by atoms with Gasteiger partial charge < -0.3 is 14.8 Å². The van der Waals surface area contributed by atoms with Crippen molar-refractivity contribution in [3.05, 3.63) is 29.8 Å². The highest BCUT2D eigenvalue weighted by atomic mass is 16.5. The first-order valence-corrected chi connectivity index (χ1v) is 6.63. The van der Waals surface area contributed by atoms with Crippen molar-refractivity contribution >= 4 is 5.97 Å². The van der Waals surface area contributed by atoms with Gasteiger partial charge in [-0.05, 0) is 30.7 Å². The second-order valence-corrected chi connectivity index (χ2v) is 4.70. The zero-order valence-corrected chi connectivity index (χ0v) is 11.9. The topological polar surface area (TPSA) is 47.6 Å². The molecule has 0 fully saturated rings. The SMILES string of the molecule is COc1cccc(CNCCCOC(=O)C(C)C)c1. The first-order chi connectivity index (χ1) is 9.13. The lowest BCUT2D eigenvalue weighted by Gasteiger charge is -2.08. The minimum Gasteiger partial charge on any atom is -0.497 e. The molecule has 1 aromatic rings. The Labute approximate surface area is 115 Å². The minimum absolute atomic E-state index is 0.0512. The van der Waals surface area contributed by atoms with Crippen LogP contribution in [0.2, 0.25) is 0 Å². The molecule has 0 aliphatic carbocycles. The summed E-state index contributed by atoms with van der Waals surface area (Å²) in [5, 5.41) is 3.31. The number of carbonyl (C=O) groups is 1. The molecule has 0 atom stereocenters. The van der Waals surface area contributed by atoms with Gasteiger partial charge in [-0.2, -0.15) is 0 Å². The van der Waals surface area contributed by atoms with Crippen LogP contribution < -0.4 is 10.1 Å². The smallest absolute Gasteiger partial charge is 0.308 e. The van der Waals surface area contributed by atoms with Crippen LogP contribution in [-0.4, -0.2) is 26.2 Å². The summed E-state index contributed by atoms with van der Waals surface area (Å²) in [6.45, 7) is 5.76. The summed E-state index contributed by atoms with van der Waals surface area (Å²) in [7, 11) is 1.66. The van der Waals surface area contributed by atoms with Crippen molar-refractivity contribution in [1.29, 1.82) is 0 Å². The van der Waals surface area contributed by atoms with Gasteiger partial charge in [0.2, 0.25) is 0 Å². The molecule has 0 unspecified atom stereocenters. The lowest BCUT2D eigenvalue weighted by Crippen LogP contribution is -2.18. The Hall–Kier alpha value is -1.55. The number of nitrogens with one attached hydrogen (secondary N) is 1. The number of methoxy groups -OCH3 is 1. The zero-order chi connectivity index (χ0) is 14.1. The van der Waals surface area contributed by atoms with Gasteiger partial charge in [0.15, 0.2) is 0 Å². The van der Waals surface area contributed by atoms with Crippen LogP contribution in [0.3, 0.4) is 0 Å². The normalized spacial score (nSPS) is 10.5. The molecule has 0 saturated carbocycles. The summed E-state index contributed by atoms with van der Waals surface area (Å²) in [5.41, 5.74) is 1.18. The van der Waals surface area contributed by atoms with Gasteiger partial charge >= 0.3 is 5.97 Å². The van der Waals surface area contributed by atoms with Crippen molar-refractivity contribution in [2.45, 2.75) is 26.8 Å². The maximum Gasteiger partial charge on any atom is 0.308 e. The zero-order valence-electron chi connectivity index (χ0n) is 11.9. The molecule has 0 aliphatic rings. The fraction of sp³-hybridized carbons (Fsp3) is 0.533. The van der Waals surface area contributed by atoms with E-state index in [-0.39, 0.29) is 11.9 Å². The van der Waals surface area contributed by atoms with Crippen LogP contribution >= 0.6 is 0 Å². The van der Waals surface area contributed by atoms with Gasteiger partial charge in [0.1, 0.15) is 5.75 Å². The predicted octanol–water partition coefficient (Wildman–Crippen LogP) is 2.37. The van der Waals surface area contributed by atoms with Crippen LogP contribution in [0, 0.1) is 5.92 Å². The number of ether oxygens (including phenoxy) is 2. The summed E-state index contributed by atoms with van der Waals surface area (Å²) in [4.78, 5) is 11.2. The van der Waals surface area contributed by atoms with Crippen molar-refractivity contribution < 1.29 is 14.3 Å². The average Bonchev–Trinajstić information content (AvgIpc) is 2.42. The molecule has 19 heavy (non-hydrogen) atoms. The van der Waals surface area contributed by atoms with Gasteiger partial charge in [0.25, 0.3) is 0 Å². The van der Waals surface area contributed by atoms with E-state index in [2.05, 4.69) is 5.32 Å². The van der Waals surface area contributed by atoms with E-state index in [1.807, 2.05) is 38.1 Å². The Morgan fingerprint density at radius 3 is 2.84 bits per heavy atom. The van der Waals surface area contributed by atoms with Crippen LogP contribution in [0.4, 0.5) is 0 Å². The van der Waals surface area contributed by atoms with Gasteiger partial charge in [-0.1, -0.05) is 26.0 Å². The van der Waals surface area contributed by atoms with Crippen molar-refractivity contribution in [2.24, 2.45) is 5.92 Å². The van der Waals surface area contributed by atoms with Gasteiger partial charge in [-0.25, -0.2) is 0 Å². The van der Waals surface area contributed by atoms with Crippen LogP contribution in [0.15, 0.2) is 24.3 Å². The summed E-state index contributed by atoms with van der Waals surface area (Å²) >= 11 is 0. The first kappa shape index (κ1) is 15.5. The van der Waals surface area contributed by atoms with E-state index in [0.717, 1.165) is 25.3 Å². The van der Waals surface area contributed by atoms with E-state index in [4.69, 9.17) is 9.47 Å². The van der Waals surface area contributed by atoms with E-state index in [0.29, 0.717) is 6.61 Å². The maximum atomic E-state index is 11.2.